The van der Waals surface area contributed by atoms with Crippen LogP contribution in [-0.4, -0.2) is 26.7 Å². The summed E-state index contributed by atoms with van der Waals surface area (Å²) < 4.78 is 5.27. The van der Waals surface area contributed by atoms with Gasteiger partial charge in [0.15, 0.2) is 0 Å². The molecule has 0 aromatic heterocycles. The molecule has 3 heteroatoms. The molecular weight excluding hydrogens is 260 g/mol. The fourth-order valence-electron chi connectivity index (χ4n) is 2.98. The summed E-state index contributed by atoms with van der Waals surface area (Å²) in [7, 11) is 1.71. The van der Waals surface area contributed by atoms with Crippen molar-refractivity contribution < 1.29 is 4.74 Å². The number of hydrogen-bond acceptors (Lipinski definition) is 3. The summed E-state index contributed by atoms with van der Waals surface area (Å²) in [6.45, 7) is 3.11. The van der Waals surface area contributed by atoms with E-state index in [1.165, 1.54) is 11.3 Å². The first kappa shape index (κ1) is 14.0. The van der Waals surface area contributed by atoms with Crippen LogP contribution in [0.2, 0.25) is 0 Å². The van der Waals surface area contributed by atoms with E-state index >= 15 is 0 Å². The van der Waals surface area contributed by atoms with Gasteiger partial charge in [-0.15, -0.1) is 0 Å². The standard InChI is InChI=1S/C18H22N2O/c1-21-17-9-7-15(8-10-17)18-11-12-19-13-14-20(18)16-5-3-2-4-6-16/h2-10,18-19H,11-14H2,1H3/t18-/m1/s1. The summed E-state index contributed by atoms with van der Waals surface area (Å²) in [5.41, 5.74) is 2.64. The lowest BCUT2D eigenvalue weighted by Gasteiger charge is -2.32. The van der Waals surface area contributed by atoms with Gasteiger partial charge < -0.3 is 15.0 Å². The Morgan fingerprint density at radius 2 is 1.76 bits per heavy atom. The maximum atomic E-state index is 5.27. The molecule has 0 unspecified atom stereocenters. The van der Waals surface area contributed by atoms with Crippen molar-refractivity contribution in [3.63, 3.8) is 0 Å². The fraction of sp³-hybridized carbons (Fsp3) is 0.333. The van der Waals surface area contributed by atoms with Gasteiger partial charge >= 0.3 is 0 Å². The average Bonchev–Trinajstić information content (AvgIpc) is 2.81. The van der Waals surface area contributed by atoms with E-state index in [1.54, 1.807) is 7.11 Å². The smallest absolute Gasteiger partial charge is 0.118 e. The lowest BCUT2D eigenvalue weighted by molar-refractivity contribution is 0.414. The van der Waals surface area contributed by atoms with Crippen molar-refractivity contribution in [3.05, 3.63) is 60.2 Å². The lowest BCUT2D eigenvalue weighted by atomic mass is 10.0. The Morgan fingerprint density at radius 3 is 2.48 bits per heavy atom. The minimum Gasteiger partial charge on any atom is -0.497 e. The van der Waals surface area contributed by atoms with Gasteiger partial charge in [-0.1, -0.05) is 30.3 Å². The van der Waals surface area contributed by atoms with Crippen LogP contribution < -0.4 is 15.0 Å². The number of nitrogens with zero attached hydrogens (tertiary/aromatic N) is 1. The van der Waals surface area contributed by atoms with Crippen molar-refractivity contribution in [1.82, 2.24) is 5.32 Å². The van der Waals surface area contributed by atoms with E-state index < -0.39 is 0 Å². The van der Waals surface area contributed by atoms with Gasteiger partial charge in [0.05, 0.1) is 13.2 Å². The second-order valence-corrected chi connectivity index (χ2v) is 5.36. The Hall–Kier alpha value is -2.00. The van der Waals surface area contributed by atoms with Crippen molar-refractivity contribution in [1.29, 1.82) is 0 Å². The first-order chi connectivity index (χ1) is 10.4. The molecule has 1 fully saturated rings. The molecule has 3 rings (SSSR count). The molecule has 110 valence electrons. The van der Waals surface area contributed by atoms with Crippen LogP contribution in [0.15, 0.2) is 54.6 Å². The molecule has 0 amide bonds. The van der Waals surface area contributed by atoms with Crippen molar-refractivity contribution in [2.45, 2.75) is 12.5 Å². The Balaban J connectivity index is 1.91. The third-order valence-electron chi connectivity index (χ3n) is 4.09. The van der Waals surface area contributed by atoms with Crippen LogP contribution in [0, 0.1) is 0 Å². The molecule has 1 N–H and O–H groups in total. The highest BCUT2D eigenvalue weighted by Gasteiger charge is 2.22. The highest BCUT2D eigenvalue weighted by atomic mass is 16.5. The highest BCUT2D eigenvalue weighted by Crippen LogP contribution is 2.31. The summed E-state index contributed by atoms with van der Waals surface area (Å²) in [4.78, 5) is 2.50. The molecule has 1 heterocycles. The Kier molecular flexibility index (Phi) is 4.41. The summed E-state index contributed by atoms with van der Waals surface area (Å²) >= 11 is 0. The Labute approximate surface area is 126 Å². The van der Waals surface area contributed by atoms with E-state index in [0.29, 0.717) is 6.04 Å². The van der Waals surface area contributed by atoms with Crippen LogP contribution in [0.4, 0.5) is 5.69 Å². The first-order valence-electron chi connectivity index (χ1n) is 7.55. The monoisotopic (exact) mass is 282 g/mol. The van der Waals surface area contributed by atoms with Gasteiger partial charge in [0.25, 0.3) is 0 Å². The largest absolute Gasteiger partial charge is 0.497 e. The fourth-order valence-corrected chi connectivity index (χ4v) is 2.98. The third-order valence-corrected chi connectivity index (χ3v) is 4.09. The molecular formula is C18H22N2O. The van der Waals surface area contributed by atoms with Crippen molar-refractivity contribution >= 4 is 5.69 Å². The van der Waals surface area contributed by atoms with Crippen LogP contribution in [0.5, 0.6) is 5.75 Å². The molecule has 0 aliphatic carbocycles. The van der Waals surface area contributed by atoms with Crippen LogP contribution in [-0.2, 0) is 0 Å². The molecule has 2 aromatic rings. The number of benzene rings is 2. The first-order valence-corrected chi connectivity index (χ1v) is 7.55. The summed E-state index contributed by atoms with van der Waals surface area (Å²) in [5.74, 6) is 0.914. The quantitative estimate of drug-likeness (QED) is 0.935. The molecule has 1 saturated heterocycles. The minimum absolute atomic E-state index is 0.410. The van der Waals surface area contributed by atoms with Gasteiger partial charge in [0.1, 0.15) is 5.75 Å². The molecule has 3 nitrogen and oxygen atoms in total. The Bertz CT molecular complexity index is 553. The van der Waals surface area contributed by atoms with Gasteiger partial charge in [-0.3, -0.25) is 0 Å². The number of anilines is 1. The van der Waals surface area contributed by atoms with Crippen LogP contribution in [0.25, 0.3) is 0 Å². The van der Waals surface area contributed by atoms with E-state index in [0.717, 1.165) is 31.8 Å². The minimum atomic E-state index is 0.410. The summed E-state index contributed by atoms with van der Waals surface area (Å²) in [6, 6.07) is 19.6. The molecule has 0 radical (unpaired) electrons. The number of ether oxygens (including phenoxy) is 1. The molecule has 0 saturated carbocycles. The predicted octanol–water partition coefficient (Wildman–Crippen LogP) is 3.24. The number of hydrogen-bond donors (Lipinski definition) is 1. The second kappa shape index (κ2) is 6.64. The van der Waals surface area contributed by atoms with E-state index in [9.17, 15) is 0 Å². The number of para-hydroxylation sites is 1. The second-order valence-electron chi connectivity index (χ2n) is 5.36. The molecule has 0 bridgehead atoms. The maximum absolute atomic E-state index is 5.27. The number of rotatable bonds is 3. The molecule has 1 aliphatic rings. The maximum Gasteiger partial charge on any atom is 0.118 e. The van der Waals surface area contributed by atoms with Gasteiger partial charge in [0, 0.05) is 18.8 Å². The van der Waals surface area contributed by atoms with Gasteiger partial charge in [-0.05, 0) is 42.8 Å². The lowest BCUT2D eigenvalue weighted by Crippen LogP contribution is -2.30. The SMILES string of the molecule is COc1ccc([C@H]2CCNCCN2c2ccccc2)cc1. The number of methoxy groups -OCH3 is 1. The molecule has 21 heavy (non-hydrogen) atoms. The average molecular weight is 282 g/mol. The van der Waals surface area contributed by atoms with E-state index in [2.05, 4.69) is 64.8 Å². The normalized spacial score (nSPS) is 19.1. The van der Waals surface area contributed by atoms with E-state index in [1.807, 2.05) is 0 Å². The zero-order valence-corrected chi connectivity index (χ0v) is 12.5. The zero-order valence-electron chi connectivity index (χ0n) is 12.5. The van der Waals surface area contributed by atoms with Crippen molar-refractivity contribution in [3.8, 4) is 5.75 Å². The van der Waals surface area contributed by atoms with E-state index in [-0.39, 0.29) is 0 Å². The predicted molar refractivity (Wildman–Crippen MR) is 87.0 cm³/mol. The van der Waals surface area contributed by atoms with Crippen LogP contribution in [0.3, 0.4) is 0 Å². The molecule has 0 spiro atoms. The van der Waals surface area contributed by atoms with Crippen molar-refractivity contribution in [2.75, 3.05) is 31.6 Å². The van der Waals surface area contributed by atoms with Gasteiger partial charge in [-0.25, -0.2) is 0 Å². The van der Waals surface area contributed by atoms with Gasteiger partial charge in [0.2, 0.25) is 0 Å². The Morgan fingerprint density at radius 1 is 1.00 bits per heavy atom. The highest BCUT2D eigenvalue weighted by molar-refractivity contribution is 5.49. The van der Waals surface area contributed by atoms with Crippen LogP contribution in [0.1, 0.15) is 18.0 Å². The van der Waals surface area contributed by atoms with Gasteiger partial charge in [-0.2, -0.15) is 0 Å². The zero-order chi connectivity index (χ0) is 14.5. The van der Waals surface area contributed by atoms with E-state index in [4.69, 9.17) is 4.74 Å². The summed E-state index contributed by atoms with van der Waals surface area (Å²) in [6.07, 6.45) is 1.11. The topological polar surface area (TPSA) is 24.5 Å². The van der Waals surface area contributed by atoms with Crippen LogP contribution >= 0.6 is 0 Å². The third kappa shape index (κ3) is 3.19. The molecule has 1 aliphatic heterocycles. The van der Waals surface area contributed by atoms with Crippen molar-refractivity contribution in [2.24, 2.45) is 0 Å². The molecule has 2 aromatic carbocycles. The molecule has 1 atom stereocenters. The summed E-state index contributed by atoms with van der Waals surface area (Å²) in [5, 5.41) is 3.50. The number of nitrogens with one attached hydrogen (secondary N) is 1.